The summed E-state index contributed by atoms with van der Waals surface area (Å²) in [7, 11) is -2.08. The number of methoxy groups -OCH3 is 1. The molecule has 1 amide bonds. The van der Waals surface area contributed by atoms with Gasteiger partial charge in [0.15, 0.2) is 5.13 Å². The predicted molar refractivity (Wildman–Crippen MR) is 106 cm³/mol. The van der Waals surface area contributed by atoms with E-state index in [2.05, 4.69) is 10.3 Å². The number of amides is 1. The number of rotatable bonds is 7. The number of anilines is 1. The average molecular weight is 406 g/mol. The van der Waals surface area contributed by atoms with Crippen LogP contribution in [-0.4, -0.2) is 29.5 Å². The van der Waals surface area contributed by atoms with Crippen LogP contribution in [0.2, 0.25) is 0 Å². The van der Waals surface area contributed by atoms with Crippen LogP contribution >= 0.6 is 18.9 Å². The van der Waals surface area contributed by atoms with Crippen LogP contribution in [0.15, 0.2) is 42.5 Å². The number of carbonyl (C=O) groups is 1. The zero-order chi connectivity index (χ0) is 19.4. The van der Waals surface area contributed by atoms with E-state index in [0.29, 0.717) is 27.5 Å². The van der Waals surface area contributed by atoms with Crippen molar-refractivity contribution in [2.75, 3.05) is 19.0 Å². The quantitative estimate of drug-likeness (QED) is 0.569. The molecule has 1 aromatic heterocycles. The Morgan fingerprint density at radius 1 is 1.26 bits per heavy atom. The number of hydrogen-bond acceptors (Lipinski definition) is 6. The molecular formula is C18H19N2O5PS. The molecule has 142 valence electrons. The Kier molecular flexibility index (Phi) is 5.92. The first-order valence-electron chi connectivity index (χ1n) is 8.22. The van der Waals surface area contributed by atoms with E-state index in [1.165, 1.54) is 11.3 Å². The molecule has 2 aromatic carbocycles. The van der Waals surface area contributed by atoms with Gasteiger partial charge in [-0.2, -0.15) is 0 Å². The molecule has 27 heavy (non-hydrogen) atoms. The molecule has 0 saturated carbocycles. The molecular weight excluding hydrogens is 387 g/mol. The summed E-state index contributed by atoms with van der Waals surface area (Å²) in [5.41, 5.74) is 1.75. The Hall–Kier alpha value is -2.25. The Bertz CT molecular complexity index is 1000. The summed E-state index contributed by atoms with van der Waals surface area (Å²) >= 11 is 1.36. The van der Waals surface area contributed by atoms with E-state index < -0.39 is 7.60 Å². The van der Waals surface area contributed by atoms with Crippen LogP contribution in [-0.2, 0) is 15.3 Å². The second-order valence-corrected chi connectivity index (χ2v) is 8.57. The molecule has 0 fully saturated rings. The number of thiazole rings is 1. The number of carbonyl (C=O) groups excluding carboxylic acids is 1. The van der Waals surface area contributed by atoms with Gasteiger partial charge in [-0.1, -0.05) is 29.5 Å². The van der Waals surface area contributed by atoms with Gasteiger partial charge in [-0.25, -0.2) is 4.98 Å². The molecule has 1 heterocycles. The number of ether oxygens (including phenoxy) is 1. The molecule has 0 radical (unpaired) electrons. The van der Waals surface area contributed by atoms with Gasteiger partial charge >= 0.3 is 7.60 Å². The maximum absolute atomic E-state index is 12.4. The van der Waals surface area contributed by atoms with E-state index in [4.69, 9.17) is 9.26 Å². The van der Waals surface area contributed by atoms with Crippen molar-refractivity contribution in [1.29, 1.82) is 0 Å². The van der Waals surface area contributed by atoms with Crippen molar-refractivity contribution in [2.45, 2.75) is 13.1 Å². The summed E-state index contributed by atoms with van der Waals surface area (Å²) in [6, 6.07) is 12.1. The van der Waals surface area contributed by atoms with Gasteiger partial charge in [-0.05, 0) is 36.8 Å². The average Bonchev–Trinajstić information content (AvgIpc) is 3.04. The molecule has 1 unspecified atom stereocenters. The number of fused-ring (bicyclic) bond motifs is 1. The molecule has 0 aliphatic heterocycles. The Morgan fingerprint density at radius 2 is 2.00 bits per heavy atom. The monoisotopic (exact) mass is 406 g/mol. The third-order valence-electron chi connectivity index (χ3n) is 3.75. The predicted octanol–water partition coefficient (Wildman–Crippen LogP) is 4.28. The second kappa shape index (κ2) is 8.19. The van der Waals surface area contributed by atoms with Crippen LogP contribution in [0.1, 0.15) is 22.8 Å². The van der Waals surface area contributed by atoms with Crippen LogP contribution in [0.3, 0.4) is 0 Å². The number of nitrogens with one attached hydrogen (secondary N) is 1. The van der Waals surface area contributed by atoms with Crippen LogP contribution in [0, 0.1) is 0 Å². The maximum Gasteiger partial charge on any atom is 0.332 e. The van der Waals surface area contributed by atoms with Gasteiger partial charge in [0.2, 0.25) is 0 Å². The fraction of sp³-hybridized carbons (Fsp3) is 0.222. The Balaban J connectivity index is 1.72. The van der Waals surface area contributed by atoms with Gasteiger partial charge in [-0.3, -0.25) is 14.7 Å². The minimum atomic E-state index is -3.65. The van der Waals surface area contributed by atoms with Gasteiger partial charge < -0.3 is 14.2 Å². The van der Waals surface area contributed by atoms with Crippen LogP contribution < -0.4 is 10.1 Å². The van der Waals surface area contributed by atoms with Gasteiger partial charge in [0.05, 0.1) is 24.6 Å². The minimum Gasteiger partial charge on any atom is -0.494 e. The summed E-state index contributed by atoms with van der Waals surface area (Å²) in [5, 5.41) is 3.24. The zero-order valence-electron chi connectivity index (χ0n) is 14.8. The number of benzene rings is 2. The second-order valence-electron chi connectivity index (χ2n) is 5.69. The SMILES string of the molecule is CCOP(=O)(O)Cc1ccc(C(=O)Nc2nc3c(OC)cccc3s2)cc1. The smallest absolute Gasteiger partial charge is 0.332 e. The molecule has 2 N–H and O–H groups in total. The lowest BCUT2D eigenvalue weighted by molar-refractivity contribution is 0.102. The fourth-order valence-corrected chi connectivity index (χ4v) is 4.60. The van der Waals surface area contributed by atoms with E-state index in [1.807, 2.05) is 18.2 Å². The molecule has 9 heteroatoms. The van der Waals surface area contributed by atoms with Gasteiger partial charge in [0.25, 0.3) is 5.91 Å². The fourth-order valence-electron chi connectivity index (χ4n) is 2.55. The van der Waals surface area contributed by atoms with Gasteiger partial charge in [0, 0.05) is 5.56 Å². The molecule has 1 atom stereocenters. The molecule has 0 spiro atoms. The van der Waals surface area contributed by atoms with Crippen LogP contribution in [0.5, 0.6) is 5.75 Å². The van der Waals surface area contributed by atoms with E-state index in [9.17, 15) is 14.3 Å². The van der Waals surface area contributed by atoms with Crippen molar-refractivity contribution in [1.82, 2.24) is 4.98 Å². The summed E-state index contributed by atoms with van der Waals surface area (Å²) < 4.78 is 22.9. The Morgan fingerprint density at radius 3 is 2.67 bits per heavy atom. The number of hydrogen-bond donors (Lipinski definition) is 2. The summed E-state index contributed by atoms with van der Waals surface area (Å²) in [6.07, 6.45) is -0.0968. The van der Waals surface area contributed by atoms with Crippen LogP contribution in [0.25, 0.3) is 10.2 Å². The Labute approximate surface area is 160 Å². The molecule has 0 aliphatic carbocycles. The summed E-state index contributed by atoms with van der Waals surface area (Å²) in [5.74, 6) is 0.341. The number of nitrogens with zero attached hydrogens (tertiary/aromatic N) is 1. The largest absolute Gasteiger partial charge is 0.494 e. The first-order chi connectivity index (χ1) is 12.9. The van der Waals surface area contributed by atoms with Crippen molar-refractivity contribution in [2.24, 2.45) is 0 Å². The number of para-hydroxylation sites is 1. The minimum absolute atomic E-state index is 0.0968. The van der Waals surface area contributed by atoms with Crippen molar-refractivity contribution in [3.63, 3.8) is 0 Å². The lowest BCUT2D eigenvalue weighted by Crippen LogP contribution is -2.11. The van der Waals surface area contributed by atoms with Crippen molar-refractivity contribution in [3.05, 3.63) is 53.6 Å². The molecule has 0 saturated heterocycles. The highest BCUT2D eigenvalue weighted by atomic mass is 32.1. The topological polar surface area (TPSA) is 97.8 Å². The highest BCUT2D eigenvalue weighted by Crippen LogP contribution is 2.45. The van der Waals surface area contributed by atoms with Crippen molar-refractivity contribution < 1.29 is 23.5 Å². The standard InChI is InChI=1S/C18H19N2O5PS/c1-3-25-26(22,23)11-12-7-9-13(10-8-12)17(21)20-18-19-16-14(24-2)5-4-6-15(16)27-18/h4-10H,3,11H2,1-2H3,(H,22,23)(H,19,20,21). The normalized spacial score (nSPS) is 13.3. The first-order valence-corrected chi connectivity index (χ1v) is 10.8. The van der Waals surface area contributed by atoms with Gasteiger partial charge in [-0.15, -0.1) is 0 Å². The molecule has 0 bridgehead atoms. The first kappa shape index (κ1) is 19.5. The summed E-state index contributed by atoms with van der Waals surface area (Å²) in [6.45, 7) is 1.83. The van der Waals surface area contributed by atoms with E-state index in [-0.39, 0.29) is 18.7 Å². The van der Waals surface area contributed by atoms with E-state index in [1.54, 1.807) is 38.3 Å². The zero-order valence-corrected chi connectivity index (χ0v) is 16.5. The highest BCUT2D eigenvalue weighted by Gasteiger charge is 2.19. The lowest BCUT2D eigenvalue weighted by atomic mass is 10.1. The van der Waals surface area contributed by atoms with Gasteiger partial charge in [0.1, 0.15) is 11.3 Å². The highest BCUT2D eigenvalue weighted by molar-refractivity contribution is 7.51. The van der Waals surface area contributed by atoms with Crippen molar-refractivity contribution in [3.8, 4) is 5.75 Å². The lowest BCUT2D eigenvalue weighted by Gasteiger charge is -2.10. The van der Waals surface area contributed by atoms with Crippen LogP contribution in [0.4, 0.5) is 5.13 Å². The maximum atomic E-state index is 12.4. The van der Waals surface area contributed by atoms with E-state index in [0.717, 1.165) is 4.70 Å². The number of aromatic nitrogens is 1. The molecule has 7 nitrogen and oxygen atoms in total. The molecule has 0 aliphatic rings. The van der Waals surface area contributed by atoms with Crippen molar-refractivity contribution >= 4 is 40.2 Å². The summed E-state index contributed by atoms with van der Waals surface area (Å²) in [4.78, 5) is 26.5. The molecule has 3 aromatic rings. The third kappa shape index (κ3) is 4.73. The molecule has 3 rings (SSSR count). The third-order valence-corrected chi connectivity index (χ3v) is 6.11. The van der Waals surface area contributed by atoms with E-state index >= 15 is 0 Å².